The van der Waals surface area contributed by atoms with Crippen molar-refractivity contribution in [3.63, 3.8) is 0 Å². The molecule has 1 atom stereocenters. The zero-order valence-electron chi connectivity index (χ0n) is 8.84. The molecule has 1 heteroatoms. The van der Waals surface area contributed by atoms with Crippen LogP contribution in [0.5, 0.6) is 0 Å². The molecule has 1 saturated heterocycles. The average molecular weight is 169 g/mol. The molecule has 0 N–H and O–H groups in total. The van der Waals surface area contributed by atoms with Gasteiger partial charge < -0.3 is 4.90 Å². The van der Waals surface area contributed by atoms with Gasteiger partial charge in [0.15, 0.2) is 0 Å². The van der Waals surface area contributed by atoms with Crippen LogP contribution in [-0.4, -0.2) is 24.5 Å². The number of likely N-dealkylation sites (tertiary alicyclic amines) is 1. The number of hydrogen-bond acceptors (Lipinski definition) is 1. The first-order valence-corrected chi connectivity index (χ1v) is 5.46. The molecule has 0 aliphatic carbocycles. The summed E-state index contributed by atoms with van der Waals surface area (Å²) in [5.74, 6) is 1.88. The Kier molecular flexibility index (Phi) is 4.07. The van der Waals surface area contributed by atoms with Crippen molar-refractivity contribution in [1.29, 1.82) is 0 Å². The molecule has 1 aliphatic heterocycles. The van der Waals surface area contributed by atoms with Gasteiger partial charge in [-0.3, -0.25) is 0 Å². The van der Waals surface area contributed by atoms with E-state index < -0.39 is 0 Å². The molecule has 0 radical (unpaired) electrons. The Morgan fingerprint density at radius 2 is 2.00 bits per heavy atom. The molecule has 1 rings (SSSR count). The summed E-state index contributed by atoms with van der Waals surface area (Å²) in [6.07, 6.45) is 4.29. The third-order valence-electron chi connectivity index (χ3n) is 3.26. The van der Waals surface area contributed by atoms with Gasteiger partial charge in [-0.2, -0.15) is 0 Å². The van der Waals surface area contributed by atoms with Gasteiger partial charge in [0.05, 0.1) is 0 Å². The van der Waals surface area contributed by atoms with Crippen LogP contribution >= 0.6 is 0 Å². The second-order valence-electron chi connectivity index (χ2n) is 4.37. The van der Waals surface area contributed by atoms with Crippen molar-refractivity contribution < 1.29 is 0 Å². The monoisotopic (exact) mass is 169 g/mol. The number of rotatable bonds is 2. The standard InChI is InChI=1S/C11H23N/c1-4-12-8-5-6-11(7-9-12)10(2)3/h10-11H,4-9H2,1-3H3. The minimum atomic E-state index is 0.891. The Morgan fingerprint density at radius 3 is 2.58 bits per heavy atom. The molecule has 1 heterocycles. The summed E-state index contributed by atoms with van der Waals surface area (Å²) in [6.45, 7) is 10.9. The van der Waals surface area contributed by atoms with Crippen molar-refractivity contribution >= 4 is 0 Å². The minimum Gasteiger partial charge on any atom is -0.304 e. The van der Waals surface area contributed by atoms with Crippen LogP contribution in [0.2, 0.25) is 0 Å². The molecule has 0 spiro atoms. The van der Waals surface area contributed by atoms with Crippen molar-refractivity contribution in [3.8, 4) is 0 Å². The molecule has 0 aromatic rings. The highest BCUT2D eigenvalue weighted by atomic mass is 15.1. The topological polar surface area (TPSA) is 3.24 Å². The lowest BCUT2D eigenvalue weighted by atomic mass is 9.89. The van der Waals surface area contributed by atoms with Gasteiger partial charge in [-0.25, -0.2) is 0 Å². The molecule has 1 fully saturated rings. The van der Waals surface area contributed by atoms with Gasteiger partial charge >= 0.3 is 0 Å². The van der Waals surface area contributed by atoms with Crippen LogP contribution in [0.1, 0.15) is 40.0 Å². The maximum Gasteiger partial charge on any atom is -0.00161 e. The van der Waals surface area contributed by atoms with Gasteiger partial charge in [0.25, 0.3) is 0 Å². The first-order valence-electron chi connectivity index (χ1n) is 5.46. The molecule has 1 nitrogen and oxygen atoms in total. The first kappa shape index (κ1) is 10.0. The van der Waals surface area contributed by atoms with Gasteiger partial charge in [0.1, 0.15) is 0 Å². The van der Waals surface area contributed by atoms with Gasteiger partial charge in [0, 0.05) is 0 Å². The Labute approximate surface area is 77.1 Å². The van der Waals surface area contributed by atoms with Crippen molar-refractivity contribution in [1.82, 2.24) is 4.90 Å². The van der Waals surface area contributed by atoms with Crippen LogP contribution in [0.25, 0.3) is 0 Å². The maximum atomic E-state index is 2.59. The Morgan fingerprint density at radius 1 is 1.25 bits per heavy atom. The van der Waals surface area contributed by atoms with Gasteiger partial charge in [0.2, 0.25) is 0 Å². The van der Waals surface area contributed by atoms with E-state index in [1.807, 2.05) is 0 Å². The van der Waals surface area contributed by atoms with E-state index in [1.54, 1.807) is 0 Å². The second-order valence-corrected chi connectivity index (χ2v) is 4.37. The van der Waals surface area contributed by atoms with Crippen LogP contribution in [0.15, 0.2) is 0 Å². The predicted molar refractivity (Wildman–Crippen MR) is 54.3 cm³/mol. The molecule has 0 bridgehead atoms. The lowest BCUT2D eigenvalue weighted by molar-refractivity contribution is 0.284. The lowest BCUT2D eigenvalue weighted by Gasteiger charge is -2.19. The summed E-state index contributed by atoms with van der Waals surface area (Å²) in [7, 11) is 0. The molecule has 0 aromatic heterocycles. The average Bonchev–Trinajstić information content (AvgIpc) is 2.28. The van der Waals surface area contributed by atoms with E-state index in [0.717, 1.165) is 11.8 Å². The molecule has 0 saturated carbocycles. The zero-order chi connectivity index (χ0) is 8.97. The van der Waals surface area contributed by atoms with Gasteiger partial charge in [-0.1, -0.05) is 20.8 Å². The van der Waals surface area contributed by atoms with E-state index in [-0.39, 0.29) is 0 Å². The van der Waals surface area contributed by atoms with Crippen LogP contribution in [-0.2, 0) is 0 Å². The van der Waals surface area contributed by atoms with E-state index in [1.165, 1.54) is 38.9 Å². The fourth-order valence-corrected chi connectivity index (χ4v) is 2.16. The SMILES string of the molecule is CCN1CCCC(C(C)C)CC1. The highest BCUT2D eigenvalue weighted by molar-refractivity contribution is 4.71. The molecule has 1 unspecified atom stereocenters. The first-order chi connectivity index (χ1) is 5.74. The quantitative estimate of drug-likeness (QED) is 0.614. The molecule has 0 amide bonds. The van der Waals surface area contributed by atoms with Crippen molar-refractivity contribution in [2.75, 3.05) is 19.6 Å². The van der Waals surface area contributed by atoms with Crippen molar-refractivity contribution in [3.05, 3.63) is 0 Å². The highest BCUT2D eigenvalue weighted by Gasteiger charge is 2.18. The van der Waals surface area contributed by atoms with E-state index in [2.05, 4.69) is 25.7 Å². The highest BCUT2D eigenvalue weighted by Crippen LogP contribution is 2.24. The summed E-state index contributed by atoms with van der Waals surface area (Å²) in [5, 5.41) is 0. The molecule has 1 aliphatic rings. The predicted octanol–water partition coefficient (Wildman–Crippen LogP) is 2.76. The Bertz CT molecular complexity index is 120. The number of hydrogen-bond donors (Lipinski definition) is 0. The normalized spacial score (nSPS) is 27.5. The van der Waals surface area contributed by atoms with Crippen LogP contribution in [0.4, 0.5) is 0 Å². The molecule has 72 valence electrons. The third-order valence-corrected chi connectivity index (χ3v) is 3.26. The van der Waals surface area contributed by atoms with Crippen molar-refractivity contribution in [2.45, 2.75) is 40.0 Å². The van der Waals surface area contributed by atoms with Crippen molar-refractivity contribution in [2.24, 2.45) is 11.8 Å². The lowest BCUT2D eigenvalue weighted by Crippen LogP contribution is -2.24. The minimum absolute atomic E-state index is 0.891. The van der Waals surface area contributed by atoms with E-state index in [4.69, 9.17) is 0 Å². The van der Waals surface area contributed by atoms with Gasteiger partial charge in [-0.05, 0) is 50.7 Å². The van der Waals surface area contributed by atoms with Gasteiger partial charge in [-0.15, -0.1) is 0 Å². The summed E-state index contributed by atoms with van der Waals surface area (Å²) in [5.41, 5.74) is 0. The van der Waals surface area contributed by atoms with E-state index >= 15 is 0 Å². The second kappa shape index (κ2) is 4.86. The maximum absolute atomic E-state index is 2.59. The van der Waals surface area contributed by atoms with Crippen LogP contribution in [0.3, 0.4) is 0 Å². The largest absolute Gasteiger partial charge is 0.304 e. The van der Waals surface area contributed by atoms with E-state index in [0.29, 0.717) is 0 Å². The Balaban J connectivity index is 2.34. The summed E-state index contributed by atoms with van der Waals surface area (Å²) in [6, 6.07) is 0. The molecule has 0 aromatic carbocycles. The third kappa shape index (κ3) is 2.78. The molecular formula is C11H23N. The van der Waals surface area contributed by atoms with E-state index in [9.17, 15) is 0 Å². The summed E-state index contributed by atoms with van der Waals surface area (Å²) in [4.78, 5) is 2.59. The summed E-state index contributed by atoms with van der Waals surface area (Å²) < 4.78 is 0. The Hall–Kier alpha value is -0.0400. The fourth-order valence-electron chi connectivity index (χ4n) is 2.16. The zero-order valence-corrected chi connectivity index (χ0v) is 8.84. The number of nitrogens with zero attached hydrogens (tertiary/aromatic N) is 1. The fraction of sp³-hybridized carbons (Fsp3) is 1.00. The van der Waals surface area contributed by atoms with Crippen LogP contribution < -0.4 is 0 Å². The summed E-state index contributed by atoms with van der Waals surface area (Å²) >= 11 is 0. The van der Waals surface area contributed by atoms with Crippen LogP contribution in [0, 0.1) is 11.8 Å². The molecular weight excluding hydrogens is 146 g/mol. The smallest absolute Gasteiger partial charge is 0.00161 e. The molecule has 12 heavy (non-hydrogen) atoms.